The van der Waals surface area contributed by atoms with Gasteiger partial charge in [-0.1, -0.05) is 42.5 Å². The SMILES string of the molecule is O=C(NC12CC3CC(C1)C(=S)C(C3)C2)OCc1ccccc1. The zero-order valence-corrected chi connectivity index (χ0v) is 13.4. The van der Waals surface area contributed by atoms with Crippen molar-refractivity contribution in [2.24, 2.45) is 17.8 Å². The summed E-state index contributed by atoms with van der Waals surface area (Å²) in [6, 6.07) is 9.81. The number of hydrogen-bond donors (Lipinski definition) is 1. The molecule has 0 spiro atoms. The van der Waals surface area contributed by atoms with Gasteiger partial charge in [0.05, 0.1) is 0 Å². The summed E-state index contributed by atoms with van der Waals surface area (Å²) in [5, 5.41) is 3.19. The minimum atomic E-state index is -0.281. The number of rotatable bonds is 3. The van der Waals surface area contributed by atoms with Crippen LogP contribution >= 0.6 is 12.2 Å². The summed E-state index contributed by atoms with van der Waals surface area (Å²) in [6.45, 7) is 0.331. The summed E-state index contributed by atoms with van der Waals surface area (Å²) in [6.07, 6.45) is 5.31. The molecule has 0 aliphatic heterocycles. The number of benzene rings is 1. The Morgan fingerprint density at radius 1 is 1.18 bits per heavy atom. The maximum Gasteiger partial charge on any atom is 0.407 e. The molecule has 4 bridgehead atoms. The van der Waals surface area contributed by atoms with E-state index in [1.54, 1.807) is 0 Å². The number of amides is 1. The highest BCUT2D eigenvalue weighted by Gasteiger charge is 2.54. The topological polar surface area (TPSA) is 38.3 Å². The molecule has 0 radical (unpaired) electrons. The minimum absolute atomic E-state index is 0.0629. The second-order valence-corrected chi connectivity index (χ2v) is 7.68. The lowest BCUT2D eigenvalue weighted by Crippen LogP contribution is -2.62. The second kappa shape index (κ2) is 5.34. The Morgan fingerprint density at radius 2 is 1.86 bits per heavy atom. The number of carbonyl (C=O) groups is 1. The van der Waals surface area contributed by atoms with E-state index in [2.05, 4.69) is 5.32 Å². The van der Waals surface area contributed by atoms with Gasteiger partial charge in [0.25, 0.3) is 0 Å². The first-order valence-corrected chi connectivity index (χ1v) is 8.57. The number of ether oxygens (including phenoxy) is 1. The lowest BCUT2D eigenvalue weighted by molar-refractivity contribution is 0.0465. The molecule has 0 saturated heterocycles. The summed E-state index contributed by atoms with van der Waals surface area (Å²) in [5.41, 5.74) is 0.955. The molecule has 0 heterocycles. The average molecular weight is 315 g/mol. The largest absolute Gasteiger partial charge is 0.445 e. The van der Waals surface area contributed by atoms with Crippen LogP contribution in [0.1, 0.15) is 37.7 Å². The van der Waals surface area contributed by atoms with Gasteiger partial charge in [0.15, 0.2) is 0 Å². The van der Waals surface area contributed by atoms with Crippen molar-refractivity contribution in [3.05, 3.63) is 35.9 Å². The number of carbonyl (C=O) groups excluding carboxylic acids is 1. The van der Waals surface area contributed by atoms with Crippen LogP contribution in [-0.2, 0) is 11.3 Å². The highest BCUT2D eigenvalue weighted by atomic mass is 32.1. The summed E-state index contributed by atoms with van der Waals surface area (Å²) in [7, 11) is 0. The molecule has 116 valence electrons. The van der Waals surface area contributed by atoms with Crippen LogP contribution < -0.4 is 5.32 Å². The van der Waals surface area contributed by atoms with Gasteiger partial charge < -0.3 is 10.1 Å². The predicted molar refractivity (Wildman–Crippen MR) is 88.6 cm³/mol. The van der Waals surface area contributed by atoms with Crippen molar-refractivity contribution >= 4 is 23.2 Å². The Labute approximate surface area is 136 Å². The van der Waals surface area contributed by atoms with E-state index >= 15 is 0 Å². The standard InChI is InChI=1S/C18H21NO2S/c20-17(21-11-12-4-2-1-3-5-12)19-18-8-13-6-14(9-18)16(22)15(7-13)10-18/h1-5,13-15H,6-11H2,(H,19,20). The first-order valence-electron chi connectivity index (χ1n) is 8.16. The number of thiocarbonyl (C=S) groups is 1. The summed E-state index contributed by atoms with van der Waals surface area (Å²) < 4.78 is 5.41. The highest BCUT2D eigenvalue weighted by Crippen LogP contribution is 2.54. The zero-order valence-electron chi connectivity index (χ0n) is 12.6. The van der Waals surface area contributed by atoms with Gasteiger partial charge in [-0.3, -0.25) is 0 Å². The Balaban J connectivity index is 1.39. The van der Waals surface area contributed by atoms with Crippen LogP contribution in [0.4, 0.5) is 4.79 Å². The van der Waals surface area contributed by atoms with Crippen LogP contribution in [0.3, 0.4) is 0 Å². The smallest absolute Gasteiger partial charge is 0.407 e. The Hall–Kier alpha value is -1.42. The van der Waals surface area contributed by atoms with E-state index in [1.165, 1.54) is 17.7 Å². The minimum Gasteiger partial charge on any atom is -0.445 e. The number of nitrogens with one attached hydrogen (secondary N) is 1. The predicted octanol–water partition coefficient (Wildman–Crippen LogP) is 3.86. The molecule has 22 heavy (non-hydrogen) atoms. The zero-order chi connectivity index (χ0) is 15.2. The average Bonchev–Trinajstić information content (AvgIpc) is 2.50. The van der Waals surface area contributed by atoms with Gasteiger partial charge in [-0.25, -0.2) is 4.79 Å². The fourth-order valence-corrected chi connectivity index (χ4v) is 5.23. The van der Waals surface area contributed by atoms with E-state index in [1.807, 2.05) is 30.3 Å². The molecule has 4 saturated carbocycles. The van der Waals surface area contributed by atoms with Crippen molar-refractivity contribution in [3.8, 4) is 0 Å². The van der Waals surface area contributed by atoms with Crippen molar-refractivity contribution < 1.29 is 9.53 Å². The van der Waals surface area contributed by atoms with Crippen molar-refractivity contribution in [3.63, 3.8) is 0 Å². The van der Waals surface area contributed by atoms with E-state index < -0.39 is 0 Å². The molecule has 0 aromatic heterocycles. The molecule has 1 aromatic carbocycles. The van der Waals surface area contributed by atoms with E-state index in [4.69, 9.17) is 17.0 Å². The van der Waals surface area contributed by atoms with E-state index in [0.717, 1.165) is 30.7 Å². The third-order valence-electron chi connectivity index (χ3n) is 5.57. The number of alkyl carbamates (subject to hydrolysis) is 1. The third kappa shape index (κ3) is 2.54. The lowest BCUT2D eigenvalue weighted by Gasteiger charge is -2.56. The van der Waals surface area contributed by atoms with Gasteiger partial charge >= 0.3 is 6.09 Å². The third-order valence-corrected chi connectivity index (χ3v) is 6.24. The number of hydrogen-bond acceptors (Lipinski definition) is 3. The molecule has 1 amide bonds. The molecule has 3 nitrogen and oxygen atoms in total. The normalized spacial score (nSPS) is 35.5. The molecule has 5 rings (SSSR count). The van der Waals surface area contributed by atoms with Crippen molar-refractivity contribution in [2.45, 2.75) is 44.2 Å². The molecular formula is C18H21NO2S. The second-order valence-electron chi connectivity index (χ2n) is 7.21. The molecule has 1 aromatic rings. The molecule has 4 aliphatic rings. The van der Waals surface area contributed by atoms with Crippen LogP contribution in [0.25, 0.3) is 0 Å². The van der Waals surface area contributed by atoms with Crippen molar-refractivity contribution in [2.75, 3.05) is 0 Å². The maximum atomic E-state index is 12.2. The monoisotopic (exact) mass is 315 g/mol. The van der Waals surface area contributed by atoms with Gasteiger partial charge in [0.2, 0.25) is 0 Å². The van der Waals surface area contributed by atoms with Crippen LogP contribution in [0, 0.1) is 17.8 Å². The fraction of sp³-hybridized carbons (Fsp3) is 0.556. The molecule has 2 unspecified atom stereocenters. The summed E-state index contributed by atoms with van der Waals surface area (Å²) in [4.78, 5) is 13.5. The van der Waals surface area contributed by atoms with Crippen molar-refractivity contribution in [1.82, 2.24) is 5.32 Å². The molecule has 1 N–H and O–H groups in total. The molecule has 4 heteroatoms. The Morgan fingerprint density at radius 3 is 2.55 bits per heavy atom. The lowest BCUT2D eigenvalue weighted by atomic mass is 9.53. The molecule has 2 atom stereocenters. The van der Waals surface area contributed by atoms with Gasteiger partial charge in [-0.05, 0) is 60.3 Å². The molecular weight excluding hydrogens is 294 g/mol. The van der Waals surface area contributed by atoms with Crippen LogP contribution in [-0.4, -0.2) is 16.5 Å². The quantitative estimate of drug-likeness (QED) is 0.861. The maximum absolute atomic E-state index is 12.2. The first kappa shape index (κ1) is 14.2. The Bertz CT molecular complexity index is 582. The fourth-order valence-electron chi connectivity index (χ4n) is 4.88. The molecule has 4 fully saturated rings. The van der Waals surface area contributed by atoms with Crippen LogP contribution in [0.15, 0.2) is 30.3 Å². The first-order chi connectivity index (χ1) is 10.6. The van der Waals surface area contributed by atoms with Gasteiger partial charge in [0, 0.05) is 5.54 Å². The highest BCUT2D eigenvalue weighted by molar-refractivity contribution is 7.80. The summed E-state index contributed by atoms with van der Waals surface area (Å²) in [5.74, 6) is 1.81. The Kier molecular flexibility index (Phi) is 3.44. The summed E-state index contributed by atoms with van der Waals surface area (Å²) >= 11 is 5.61. The van der Waals surface area contributed by atoms with E-state index in [-0.39, 0.29) is 11.6 Å². The van der Waals surface area contributed by atoms with Crippen LogP contribution in [0.2, 0.25) is 0 Å². The van der Waals surface area contributed by atoms with Crippen LogP contribution in [0.5, 0.6) is 0 Å². The van der Waals surface area contributed by atoms with E-state index in [0.29, 0.717) is 18.4 Å². The van der Waals surface area contributed by atoms with Gasteiger partial charge in [-0.15, -0.1) is 0 Å². The van der Waals surface area contributed by atoms with Gasteiger partial charge in [0.1, 0.15) is 6.61 Å². The van der Waals surface area contributed by atoms with E-state index in [9.17, 15) is 4.79 Å². The van der Waals surface area contributed by atoms with Crippen molar-refractivity contribution in [1.29, 1.82) is 0 Å². The molecule has 4 aliphatic carbocycles. The van der Waals surface area contributed by atoms with Gasteiger partial charge in [-0.2, -0.15) is 0 Å².